The molecule has 0 radical (unpaired) electrons. The molecule has 2 amide bonds. The average molecular weight is 639 g/mol. The van der Waals surface area contributed by atoms with E-state index < -0.39 is 35.4 Å². The zero-order chi connectivity index (χ0) is 32.7. The molecule has 4 N–H and O–H groups in total. The lowest BCUT2D eigenvalue weighted by atomic mass is 9.89. The van der Waals surface area contributed by atoms with Crippen LogP contribution in [0.2, 0.25) is 0 Å². The smallest absolute Gasteiger partial charge is 0.435 e. The van der Waals surface area contributed by atoms with Gasteiger partial charge in [-0.3, -0.25) is 9.78 Å². The Bertz CT molecular complexity index is 1660. The third-order valence-electron chi connectivity index (χ3n) is 7.83. The van der Waals surface area contributed by atoms with E-state index in [4.69, 9.17) is 5.11 Å². The van der Waals surface area contributed by atoms with Gasteiger partial charge in [0.2, 0.25) is 0 Å². The van der Waals surface area contributed by atoms with Crippen LogP contribution in [-0.2, 0) is 12.7 Å². The molecule has 2 aromatic heterocycles. The minimum Gasteiger partial charge on any atom is -0.465 e. The molecule has 13 heteroatoms. The molecule has 0 bridgehead atoms. The summed E-state index contributed by atoms with van der Waals surface area (Å²) >= 11 is 0. The number of carboxylic acid groups (broad SMARTS) is 1. The highest BCUT2D eigenvalue weighted by molar-refractivity contribution is 6.03. The second-order valence-electron chi connectivity index (χ2n) is 11.3. The van der Waals surface area contributed by atoms with Gasteiger partial charge in [-0.15, -0.1) is 0 Å². The van der Waals surface area contributed by atoms with E-state index in [9.17, 15) is 22.8 Å². The highest BCUT2D eigenvalue weighted by Gasteiger charge is 2.36. The largest absolute Gasteiger partial charge is 0.465 e. The molecule has 1 aliphatic rings. The maximum Gasteiger partial charge on any atom is 0.435 e. The van der Waals surface area contributed by atoms with Gasteiger partial charge in [0.1, 0.15) is 11.5 Å². The van der Waals surface area contributed by atoms with E-state index in [0.717, 1.165) is 29.1 Å². The van der Waals surface area contributed by atoms with Crippen LogP contribution in [0.5, 0.6) is 0 Å². The number of nitrogens with zero attached hydrogens (tertiary/aromatic N) is 3. The summed E-state index contributed by atoms with van der Waals surface area (Å²) in [4.78, 5) is 28.6. The highest BCUT2D eigenvalue weighted by atomic mass is 19.4. The molecule has 1 aliphatic carbocycles. The molecular weight excluding hydrogens is 604 g/mol. The van der Waals surface area contributed by atoms with Crippen LogP contribution in [0.15, 0.2) is 73.1 Å². The lowest BCUT2D eigenvalue weighted by Gasteiger charge is -2.19. The third kappa shape index (κ3) is 8.68. The maximum absolute atomic E-state index is 15.1. The second-order valence-corrected chi connectivity index (χ2v) is 11.3. The van der Waals surface area contributed by atoms with E-state index in [1.807, 2.05) is 12.1 Å². The van der Waals surface area contributed by atoms with Crippen LogP contribution in [-0.4, -0.2) is 45.0 Å². The van der Waals surface area contributed by atoms with Crippen LogP contribution in [0, 0.1) is 11.7 Å². The fourth-order valence-corrected chi connectivity index (χ4v) is 5.30. The molecule has 1 atom stereocenters. The highest BCUT2D eigenvalue weighted by Crippen LogP contribution is 2.34. The Labute approximate surface area is 263 Å². The number of nitrogens with one attached hydrogen (secondary N) is 3. The fourth-order valence-electron chi connectivity index (χ4n) is 5.30. The summed E-state index contributed by atoms with van der Waals surface area (Å²) in [5.41, 5.74) is 0.106. The van der Waals surface area contributed by atoms with Crippen LogP contribution in [0.4, 0.5) is 28.0 Å². The summed E-state index contributed by atoms with van der Waals surface area (Å²) < 4.78 is 57.0. The van der Waals surface area contributed by atoms with Crippen molar-refractivity contribution in [2.24, 2.45) is 5.92 Å². The van der Waals surface area contributed by atoms with Crippen molar-refractivity contribution < 1.29 is 32.3 Å². The van der Waals surface area contributed by atoms with E-state index in [1.54, 1.807) is 24.5 Å². The molecule has 1 saturated carbocycles. The van der Waals surface area contributed by atoms with E-state index in [1.165, 1.54) is 49.6 Å². The van der Waals surface area contributed by atoms with Gasteiger partial charge in [0.05, 0.1) is 11.4 Å². The van der Waals surface area contributed by atoms with Crippen molar-refractivity contribution in [2.45, 2.75) is 50.7 Å². The van der Waals surface area contributed by atoms with E-state index >= 15 is 4.39 Å². The average Bonchev–Trinajstić information content (AvgIpc) is 3.74. The predicted molar refractivity (Wildman–Crippen MR) is 163 cm³/mol. The van der Waals surface area contributed by atoms with Crippen molar-refractivity contribution in [3.05, 3.63) is 107 Å². The number of hydrogen-bond acceptors (Lipinski definition) is 5. The molecule has 1 fully saturated rings. The molecule has 9 nitrogen and oxygen atoms in total. The van der Waals surface area contributed by atoms with E-state index in [-0.39, 0.29) is 23.8 Å². The monoisotopic (exact) mass is 638 g/mol. The first-order valence-corrected chi connectivity index (χ1v) is 15.0. The molecule has 4 aromatic rings. The first-order valence-electron chi connectivity index (χ1n) is 15.0. The van der Waals surface area contributed by atoms with Gasteiger partial charge in [0, 0.05) is 30.9 Å². The van der Waals surface area contributed by atoms with Crippen molar-refractivity contribution in [3.63, 3.8) is 0 Å². The molecule has 242 valence electrons. The van der Waals surface area contributed by atoms with Crippen molar-refractivity contribution in [3.8, 4) is 5.69 Å². The fraction of sp³-hybridized carbons (Fsp3) is 0.333. The van der Waals surface area contributed by atoms with Crippen molar-refractivity contribution in [1.82, 2.24) is 25.4 Å². The van der Waals surface area contributed by atoms with Gasteiger partial charge in [0.25, 0.3) is 5.91 Å². The Kier molecular flexibility index (Phi) is 10.3. The van der Waals surface area contributed by atoms with Crippen molar-refractivity contribution in [2.75, 3.05) is 18.4 Å². The van der Waals surface area contributed by atoms with Crippen LogP contribution >= 0.6 is 0 Å². The summed E-state index contributed by atoms with van der Waals surface area (Å²) in [6, 6.07) is 14.5. The van der Waals surface area contributed by atoms with Gasteiger partial charge in [-0.1, -0.05) is 37.1 Å². The summed E-state index contributed by atoms with van der Waals surface area (Å²) in [6.45, 7) is 1.47. The van der Waals surface area contributed by atoms with Gasteiger partial charge in [-0.05, 0) is 85.3 Å². The molecule has 5 rings (SSSR count). The van der Waals surface area contributed by atoms with Crippen LogP contribution in [0.3, 0.4) is 0 Å². The number of benzene rings is 2. The van der Waals surface area contributed by atoms with E-state index in [0.29, 0.717) is 30.2 Å². The number of alkyl halides is 3. The number of halogens is 4. The van der Waals surface area contributed by atoms with E-state index in [2.05, 4.69) is 26.0 Å². The second kappa shape index (κ2) is 14.5. The van der Waals surface area contributed by atoms with Crippen molar-refractivity contribution in [1.29, 1.82) is 0 Å². The number of hydrogen-bond donors (Lipinski definition) is 4. The molecule has 0 aliphatic heterocycles. The van der Waals surface area contributed by atoms with Crippen LogP contribution in [0.1, 0.15) is 70.9 Å². The number of rotatable bonds is 14. The Morgan fingerprint density at radius 1 is 1.02 bits per heavy atom. The minimum atomic E-state index is -4.86. The minimum absolute atomic E-state index is 0.0841. The first-order chi connectivity index (χ1) is 22.1. The normalized spacial score (nSPS) is 13.7. The molecule has 0 spiro atoms. The van der Waals surface area contributed by atoms with Gasteiger partial charge in [-0.25, -0.2) is 13.9 Å². The lowest BCUT2D eigenvalue weighted by Crippen LogP contribution is -2.21. The summed E-state index contributed by atoms with van der Waals surface area (Å²) in [5, 5.41) is 20.6. The van der Waals surface area contributed by atoms with Gasteiger partial charge in [-0.2, -0.15) is 18.3 Å². The van der Waals surface area contributed by atoms with Gasteiger partial charge in [0.15, 0.2) is 5.69 Å². The number of carbonyl (C=O) groups is 2. The Morgan fingerprint density at radius 2 is 1.85 bits per heavy atom. The third-order valence-corrected chi connectivity index (χ3v) is 7.83. The number of anilines is 1. The lowest BCUT2D eigenvalue weighted by molar-refractivity contribution is -0.141. The summed E-state index contributed by atoms with van der Waals surface area (Å²) in [5.74, 6) is -1.10. The van der Waals surface area contributed by atoms with Crippen molar-refractivity contribution >= 4 is 17.7 Å². The zero-order valence-corrected chi connectivity index (χ0v) is 24.9. The van der Waals surface area contributed by atoms with Crippen LogP contribution in [0.25, 0.3) is 5.69 Å². The van der Waals surface area contributed by atoms with Crippen LogP contribution < -0.4 is 16.0 Å². The zero-order valence-electron chi connectivity index (χ0n) is 24.9. The standard InChI is InChI=1S/C33H34F4N6O3/c34-27-11-10-23(26(24-6-3-14-39-20-24)12-15-38-13-2-5-21-8-9-21)17-28(27)41-31(44)29-18-30(33(35,36)37)42-43(29)25-7-1-4-22(16-25)19-40-32(45)46/h1,3-4,6-7,10-11,14,16-18,20-21,26,38,40H,2,5,8-9,12-13,15,19H2,(H,41,44)(H,45,46). The topological polar surface area (TPSA) is 121 Å². The number of carbonyl (C=O) groups excluding carboxylic acids is 1. The Hall–Kier alpha value is -4.78. The molecule has 0 saturated heterocycles. The Morgan fingerprint density at radius 3 is 2.57 bits per heavy atom. The molecule has 1 unspecified atom stereocenters. The van der Waals surface area contributed by atoms with Gasteiger partial charge >= 0.3 is 12.3 Å². The quantitative estimate of drug-likeness (QED) is 0.0896. The number of aromatic nitrogens is 3. The summed E-state index contributed by atoms with van der Waals surface area (Å²) in [6.07, 6.45) is 2.87. The predicted octanol–water partition coefficient (Wildman–Crippen LogP) is 6.75. The Balaban J connectivity index is 1.39. The number of pyridine rings is 1. The molecule has 2 heterocycles. The maximum atomic E-state index is 15.1. The van der Waals surface area contributed by atoms with Gasteiger partial charge < -0.3 is 21.1 Å². The molecule has 2 aromatic carbocycles. The number of amides is 2. The molecular formula is C33H34F4N6O3. The molecule has 46 heavy (non-hydrogen) atoms. The SMILES string of the molecule is O=C(O)NCc1cccc(-n2nc(C(F)(F)F)cc2C(=O)Nc2cc(C(CCNCCCC3CC3)c3cccnc3)ccc2F)c1. The first kappa shape index (κ1) is 32.6. The summed E-state index contributed by atoms with van der Waals surface area (Å²) in [7, 11) is 0.